The van der Waals surface area contributed by atoms with Crippen LogP contribution in [0, 0.1) is 0 Å². The van der Waals surface area contributed by atoms with Crippen LogP contribution in [0.4, 0.5) is 0 Å². The van der Waals surface area contributed by atoms with Gasteiger partial charge in [-0.25, -0.2) is 0 Å². The summed E-state index contributed by atoms with van der Waals surface area (Å²) in [5.74, 6) is -1.56. The smallest absolute Gasteiger partial charge is 0.313 e. The Kier molecular flexibility index (Phi) is 4.39. The Morgan fingerprint density at radius 2 is 2.00 bits per heavy atom. The van der Waals surface area contributed by atoms with Crippen LogP contribution in [0.3, 0.4) is 0 Å². The standard InChI is InChI=1S/C18H23NO4/c1-23-12-11-19-16(20)14-8-4-3-7-13(14)15(17(21)22)18(19)9-5-2-6-10-18/h3-4,7-8,15H,2,5-6,9-12H2,1H3,(H,21,22)/t15-/m0/s1. The minimum absolute atomic E-state index is 0.0583. The first-order valence-corrected chi connectivity index (χ1v) is 8.24. The first-order chi connectivity index (χ1) is 11.1. The van der Waals surface area contributed by atoms with Gasteiger partial charge in [-0.1, -0.05) is 37.5 Å². The second kappa shape index (κ2) is 6.32. The Bertz CT molecular complexity index is 607. The van der Waals surface area contributed by atoms with E-state index >= 15 is 0 Å². The van der Waals surface area contributed by atoms with Crippen LogP contribution in [0.15, 0.2) is 24.3 Å². The van der Waals surface area contributed by atoms with E-state index in [9.17, 15) is 14.7 Å². The molecule has 1 aromatic rings. The number of aliphatic carboxylic acids is 1. The summed E-state index contributed by atoms with van der Waals surface area (Å²) in [5.41, 5.74) is 0.571. The second-order valence-corrected chi connectivity index (χ2v) is 6.47. The monoisotopic (exact) mass is 317 g/mol. The number of fused-ring (bicyclic) bond motifs is 1. The van der Waals surface area contributed by atoms with Crippen molar-refractivity contribution in [3.8, 4) is 0 Å². The van der Waals surface area contributed by atoms with Crippen molar-refractivity contribution in [1.29, 1.82) is 0 Å². The quantitative estimate of drug-likeness (QED) is 0.927. The average molecular weight is 317 g/mol. The highest BCUT2D eigenvalue weighted by atomic mass is 16.5. The number of amides is 1. The van der Waals surface area contributed by atoms with Gasteiger partial charge in [0.25, 0.3) is 5.91 Å². The third kappa shape index (κ3) is 2.53. The second-order valence-electron chi connectivity index (χ2n) is 6.47. The predicted molar refractivity (Wildman–Crippen MR) is 85.5 cm³/mol. The number of carboxylic acid groups (broad SMARTS) is 1. The maximum atomic E-state index is 13.0. The highest BCUT2D eigenvalue weighted by molar-refractivity contribution is 6.01. The van der Waals surface area contributed by atoms with Gasteiger partial charge >= 0.3 is 5.97 Å². The van der Waals surface area contributed by atoms with Crippen LogP contribution in [0.5, 0.6) is 0 Å². The van der Waals surface area contributed by atoms with Crippen LogP contribution in [0.25, 0.3) is 0 Å². The molecule has 0 saturated heterocycles. The zero-order valence-electron chi connectivity index (χ0n) is 13.5. The lowest BCUT2D eigenvalue weighted by Gasteiger charge is -2.53. The summed E-state index contributed by atoms with van der Waals surface area (Å²) in [6.07, 6.45) is 4.51. The maximum Gasteiger partial charge on any atom is 0.313 e. The fourth-order valence-electron chi connectivity index (χ4n) is 4.33. The van der Waals surface area contributed by atoms with Gasteiger partial charge in [0.2, 0.25) is 0 Å². The number of nitrogens with zero attached hydrogens (tertiary/aromatic N) is 1. The Hall–Kier alpha value is -1.88. The molecule has 0 radical (unpaired) electrons. The molecule has 1 aliphatic heterocycles. The van der Waals surface area contributed by atoms with E-state index < -0.39 is 17.4 Å². The molecular formula is C18H23NO4. The van der Waals surface area contributed by atoms with Gasteiger partial charge in [0.15, 0.2) is 0 Å². The molecule has 5 nitrogen and oxygen atoms in total. The molecule has 124 valence electrons. The number of carbonyl (C=O) groups excluding carboxylic acids is 1. The molecule has 0 unspecified atom stereocenters. The van der Waals surface area contributed by atoms with Crippen LogP contribution in [0.1, 0.15) is 53.9 Å². The Labute approximate surface area is 136 Å². The third-order valence-corrected chi connectivity index (χ3v) is 5.31. The van der Waals surface area contributed by atoms with Gasteiger partial charge in [-0.2, -0.15) is 0 Å². The maximum absolute atomic E-state index is 13.0. The number of carboxylic acids is 1. The largest absolute Gasteiger partial charge is 0.481 e. The van der Waals surface area contributed by atoms with E-state index in [1.807, 2.05) is 6.07 Å². The van der Waals surface area contributed by atoms with Crippen LogP contribution >= 0.6 is 0 Å². The van der Waals surface area contributed by atoms with E-state index in [-0.39, 0.29) is 5.91 Å². The summed E-state index contributed by atoms with van der Waals surface area (Å²) in [7, 11) is 1.60. The summed E-state index contributed by atoms with van der Waals surface area (Å²) in [5, 5.41) is 9.96. The lowest BCUT2D eigenvalue weighted by atomic mass is 9.65. The number of carbonyl (C=O) groups is 2. The van der Waals surface area contributed by atoms with Gasteiger partial charge < -0.3 is 14.7 Å². The lowest BCUT2D eigenvalue weighted by Crippen LogP contribution is -2.62. The van der Waals surface area contributed by atoms with Crippen LogP contribution < -0.4 is 0 Å². The fraction of sp³-hybridized carbons (Fsp3) is 0.556. The lowest BCUT2D eigenvalue weighted by molar-refractivity contribution is -0.144. The SMILES string of the molecule is COCCN1C(=O)c2ccccc2[C@@H](C(=O)O)C12CCCCC2. The first-order valence-electron chi connectivity index (χ1n) is 8.24. The molecule has 1 fully saturated rings. The molecule has 23 heavy (non-hydrogen) atoms. The van der Waals surface area contributed by atoms with Gasteiger partial charge in [0.05, 0.1) is 12.1 Å². The van der Waals surface area contributed by atoms with Gasteiger partial charge in [-0.05, 0) is 24.5 Å². The molecule has 3 rings (SSSR count). The van der Waals surface area contributed by atoms with Crippen molar-refractivity contribution < 1.29 is 19.4 Å². The summed E-state index contributed by atoms with van der Waals surface area (Å²) >= 11 is 0. The Morgan fingerprint density at radius 1 is 1.30 bits per heavy atom. The zero-order valence-corrected chi connectivity index (χ0v) is 13.5. The number of ether oxygens (including phenoxy) is 1. The van der Waals surface area contributed by atoms with E-state index in [0.717, 1.165) is 32.1 Å². The number of methoxy groups -OCH3 is 1. The highest BCUT2D eigenvalue weighted by Gasteiger charge is 2.54. The van der Waals surface area contributed by atoms with Crippen LogP contribution in [-0.2, 0) is 9.53 Å². The van der Waals surface area contributed by atoms with Crippen molar-refractivity contribution >= 4 is 11.9 Å². The molecule has 1 amide bonds. The highest BCUT2D eigenvalue weighted by Crippen LogP contribution is 2.49. The van der Waals surface area contributed by atoms with E-state index in [1.165, 1.54) is 0 Å². The average Bonchev–Trinajstić information content (AvgIpc) is 2.55. The fourth-order valence-corrected chi connectivity index (χ4v) is 4.33. The summed E-state index contributed by atoms with van der Waals surface area (Å²) in [6, 6.07) is 7.16. The Morgan fingerprint density at radius 3 is 2.65 bits per heavy atom. The van der Waals surface area contributed by atoms with E-state index in [4.69, 9.17) is 4.74 Å². The predicted octanol–water partition coefficient (Wildman–Crippen LogP) is 2.66. The number of benzene rings is 1. The van der Waals surface area contributed by atoms with Crippen LogP contribution in [0.2, 0.25) is 0 Å². The first kappa shape index (κ1) is 16.0. The molecular weight excluding hydrogens is 294 g/mol. The van der Waals surface area contributed by atoms with Gasteiger partial charge in [-0.3, -0.25) is 9.59 Å². The number of rotatable bonds is 4. The molecule has 1 heterocycles. The van der Waals surface area contributed by atoms with Crippen molar-refractivity contribution in [2.45, 2.75) is 43.6 Å². The van der Waals surface area contributed by atoms with Crippen molar-refractivity contribution in [1.82, 2.24) is 4.90 Å². The summed E-state index contributed by atoms with van der Waals surface area (Å²) < 4.78 is 5.17. The minimum atomic E-state index is -0.839. The van der Waals surface area contributed by atoms with Crippen molar-refractivity contribution in [3.63, 3.8) is 0 Å². The van der Waals surface area contributed by atoms with E-state index in [0.29, 0.717) is 24.3 Å². The summed E-state index contributed by atoms with van der Waals surface area (Å²) in [4.78, 5) is 27.0. The minimum Gasteiger partial charge on any atom is -0.481 e. The van der Waals surface area contributed by atoms with Gasteiger partial charge in [0.1, 0.15) is 5.92 Å². The molecule has 1 aliphatic carbocycles. The molecule has 0 aromatic heterocycles. The van der Waals surface area contributed by atoms with E-state index in [1.54, 1.807) is 30.2 Å². The molecule has 0 bridgehead atoms. The number of hydrogen-bond donors (Lipinski definition) is 1. The molecule has 1 spiro atoms. The van der Waals surface area contributed by atoms with Gasteiger partial charge in [0, 0.05) is 19.2 Å². The van der Waals surface area contributed by atoms with E-state index in [2.05, 4.69) is 0 Å². The third-order valence-electron chi connectivity index (χ3n) is 5.31. The topological polar surface area (TPSA) is 66.8 Å². The molecule has 2 aliphatic rings. The van der Waals surface area contributed by atoms with Crippen molar-refractivity contribution in [3.05, 3.63) is 35.4 Å². The van der Waals surface area contributed by atoms with Crippen molar-refractivity contribution in [2.24, 2.45) is 0 Å². The molecule has 1 N–H and O–H groups in total. The molecule has 1 saturated carbocycles. The molecule has 1 aromatic carbocycles. The normalized spacial score (nSPS) is 22.9. The van der Waals surface area contributed by atoms with Crippen molar-refractivity contribution in [2.75, 3.05) is 20.3 Å². The number of hydrogen-bond acceptors (Lipinski definition) is 3. The van der Waals surface area contributed by atoms with Gasteiger partial charge in [-0.15, -0.1) is 0 Å². The Balaban J connectivity index is 2.15. The van der Waals surface area contributed by atoms with Crippen LogP contribution in [-0.4, -0.2) is 47.7 Å². The molecule has 5 heteroatoms. The zero-order chi connectivity index (χ0) is 16.4. The molecule has 1 atom stereocenters. The summed E-state index contributed by atoms with van der Waals surface area (Å²) in [6.45, 7) is 0.857.